The Kier molecular flexibility index (Phi) is 5.14. The number of carbonyl (C=O) groups excluding carboxylic acids is 1. The van der Waals surface area contributed by atoms with E-state index in [-0.39, 0.29) is 23.6 Å². The lowest BCUT2D eigenvalue weighted by Gasteiger charge is -2.14. The van der Waals surface area contributed by atoms with Gasteiger partial charge in [-0.2, -0.15) is 9.40 Å². The zero-order valence-electron chi connectivity index (χ0n) is 16.2. The first-order chi connectivity index (χ1) is 12.6. The number of aryl methyl sites for hydroxylation is 1. The molecule has 2 aromatic rings. The highest BCUT2D eigenvalue weighted by atomic mass is 32.2. The van der Waals surface area contributed by atoms with Crippen molar-refractivity contribution in [1.29, 1.82) is 0 Å². The smallest absolute Gasteiger partial charge is 0.240 e. The van der Waals surface area contributed by atoms with Crippen molar-refractivity contribution in [1.82, 2.24) is 14.1 Å². The number of benzene rings is 1. The summed E-state index contributed by atoms with van der Waals surface area (Å²) in [4.78, 5) is 12.5. The van der Waals surface area contributed by atoms with Crippen LogP contribution < -0.4 is 5.32 Å². The van der Waals surface area contributed by atoms with Gasteiger partial charge in [-0.1, -0.05) is 32.9 Å². The third-order valence-corrected chi connectivity index (χ3v) is 6.42. The van der Waals surface area contributed by atoms with Crippen LogP contribution in [0.25, 0.3) is 5.69 Å². The van der Waals surface area contributed by atoms with Crippen LogP contribution in [0.15, 0.2) is 30.3 Å². The molecule has 7 nitrogen and oxygen atoms in total. The molecule has 146 valence electrons. The van der Waals surface area contributed by atoms with E-state index in [1.165, 1.54) is 4.31 Å². The number of anilines is 1. The van der Waals surface area contributed by atoms with Gasteiger partial charge in [0.25, 0.3) is 0 Å². The molecule has 0 unspecified atom stereocenters. The molecule has 1 aromatic heterocycles. The minimum atomic E-state index is -3.31. The number of amides is 1. The fraction of sp³-hybridized carbons (Fsp3) is 0.474. The summed E-state index contributed by atoms with van der Waals surface area (Å²) in [5.74, 6) is 0.275. The molecule has 0 spiro atoms. The Hall–Kier alpha value is -2.19. The Morgan fingerprint density at radius 1 is 1.26 bits per heavy atom. The fourth-order valence-corrected chi connectivity index (χ4v) is 4.48. The normalized spacial score (nSPS) is 17.2. The van der Waals surface area contributed by atoms with Gasteiger partial charge in [0.05, 0.1) is 23.7 Å². The molecule has 0 saturated carbocycles. The Morgan fingerprint density at radius 2 is 2.00 bits per heavy atom. The molecule has 2 heterocycles. The second kappa shape index (κ2) is 7.09. The molecule has 3 rings (SSSR count). The van der Waals surface area contributed by atoms with Crippen molar-refractivity contribution in [3.05, 3.63) is 41.6 Å². The van der Waals surface area contributed by atoms with Crippen molar-refractivity contribution < 1.29 is 13.2 Å². The van der Waals surface area contributed by atoms with E-state index in [9.17, 15) is 13.2 Å². The Morgan fingerprint density at radius 3 is 2.59 bits per heavy atom. The zero-order valence-corrected chi connectivity index (χ0v) is 17.0. The third kappa shape index (κ3) is 4.39. The summed E-state index contributed by atoms with van der Waals surface area (Å²) in [6.07, 6.45) is 0.561. The summed E-state index contributed by atoms with van der Waals surface area (Å²) in [6.45, 7) is 8.37. The van der Waals surface area contributed by atoms with E-state index in [1.54, 1.807) is 4.68 Å². The summed E-state index contributed by atoms with van der Waals surface area (Å²) in [6, 6.07) is 9.69. The second-order valence-electron chi connectivity index (χ2n) is 7.97. The minimum absolute atomic E-state index is 0.107. The Balaban J connectivity index is 1.89. The van der Waals surface area contributed by atoms with Gasteiger partial charge in [0.2, 0.25) is 15.9 Å². The molecule has 1 aromatic carbocycles. The monoisotopic (exact) mass is 390 g/mol. The van der Waals surface area contributed by atoms with Crippen molar-refractivity contribution >= 4 is 21.7 Å². The molecule has 0 radical (unpaired) electrons. The lowest BCUT2D eigenvalue weighted by Crippen LogP contribution is -2.34. The van der Waals surface area contributed by atoms with Crippen LogP contribution >= 0.6 is 0 Å². The molecule has 0 atom stereocenters. The molecular weight excluding hydrogens is 364 g/mol. The maximum Gasteiger partial charge on any atom is 0.240 e. The maximum absolute atomic E-state index is 12.5. The standard InChI is InChI=1S/C19H26N4O3S/c1-14-7-5-8-15(11-14)23-17(12-16(21-23)19(2,3)4)20-18(24)13-22-9-6-10-27(22,25)26/h5,7-8,11-12H,6,9-10,13H2,1-4H3,(H,20,24). The van der Waals surface area contributed by atoms with E-state index >= 15 is 0 Å². The maximum atomic E-state index is 12.5. The molecule has 0 bridgehead atoms. The lowest BCUT2D eigenvalue weighted by molar-refractivity contribution is -0.116. The molecule has 0 aliphatic carbocycles. The quantitative estimate of drug-likeness (QED) is 0.869. The third-order valence-electron chi connectivity index (χ3n) is 4.51. The highest BCUT2D eigenvalue weighted by molar-refractivity contribution is 7.89. The van der Waals surface area contributed by atoms with Gasteiger partial charge in [-0.15, -0.1) is 0 Å². The molecule has 1 saturated heterocycles. The average molecular weight is 391 g/mol. The molecule has 27 heavy (non-hydrogen) atoms. The van der Waals surface area contributed by atoms with E-state index < -0.39 is 10.0 Å². The molecule has 1 fully saturated rings. The minimum Gasteiger partial charge on any atom is -0.309 e. The number of nitrogens with zero attached hydrogens (tertiary/aromatic N) is 3. The number of carbonyl (C=O) groups is 1. The average Bonchev–Trinajstić information content (AvgIpc) is 3.11. The van der Waals surface area contributed by atoms with Crippen LogP contribution in [0.2, 0.25) is 0 Å². The number of hydrogen-bond acceptors (Lipinski definition) is 4. The first-order valence-corrected chi connectivity index (χ1v) is 10.6. The van der Waals surface area contributed by atoms with E-state index in [1.807, 2.05) is 37.3 Å². The van der Waals surface area contributed by atoms with E-state index in [4.69, 9.17) is 0 Å². The summed E-state index contributed by atoms with van der Waals surface area (Å²) >= 11 is 0. The summed E-state index contributed by atoms with van der Waals surface area (Å²) < 4.78 is 26.8. The molecule has 1 amide bonds. The summed E-state index contributed by atoms with van der Waals surface area (Å²) in [5, 5.41) is 7.52. The van der Waals surface area contributed by atoms with Crippen LogP contribution in [0.3, 0.4) is 0 Å². The molecular formula is C19H26N4O3S. The van der Waals surface area contributed by atoms with E-state index in [0.717, 1.165) is 16.9 Å². The number of aromatic nitrogens is 2. The SMILES string of the molecule is Cc1cccc(-n2nc(C(C)(C)C)cc2NC(=O)CN2CCCS2(=O)=O)c1. The van der Waals surface area contributed by atoms with Crippen LogP contribution in [-0.2, 0) is 20.2 Å². The van der Waals surface area contributed by atoms with Gasteiger partial charge in [0, 0.05) is 18.0 Å². The number of rotatable bonds is 4. The van der Waals surface area contributed by atoms with Crippen molar-refractivity contribution in [2.24, 2.45) is 0 Å². The predicted octanol–water partition coefficient (Wildman–Crippen LogP) is 2.45. The molecule has 1 aliphatic heterocycles. The molecule has 1 N–H and O–H groups in total. The largest absolute Gasteiger partial charge is 0.309 e. The Bertz CT molecular complexity index is 958. The van der Waals surface area contributed by atoms with Gasteiger partial charge in [-0.05, 0) is 31.0 Å². The first-order valence-electron chi connectivity index (χ1n) is 9.01. The van der Waals surface area contributed by atoms with Crippen LogP contribution in [-0.4, -0.2) is 47.3 Å². The predicted molar refractivity (Wildman–Crippen MR) is 106 cm³/mol. The summed E-state index contributed by atoms with van der Waals surface area (Å²) in [5.41, 5.74) is 2.58. The molecule has 1 aliphatic rings. The van der Waals surface area contributed by atoms with E-state index in [0.29, 0.717) is 18.8 Å². The van der Waals surface area contributed by atoms with Gasteiger partial charge >= 0.3 is 0 Å². The van der Waals surface area contributed by atoms with Crippen LogP contribution in [0, 0.1) is 6.92 Å². The zero-order chi connectivity index (χ0) is 19.8. The van der Waals surface area contributed by atoms with Crippen molar-refractivity contribution in [2.45, 2.75) is 39.5 Å². The second-order valence-corrected chi connectivity index (χ2v) is 10.1. The van der Waals surface area contributed by atoms with Gasteiger partial charge in [-0.25, -0.2) is 13.1 Å². The number of nitrogens with one attached hydrogen (secondary N) is 1. The van der Waals surface area contributed by atoms with E-state index in [2.05, 4.69) is 31.2 Å². The van der Waals surface area contributed by atoms with Crippen LogP contribution in [0.5, 0.6) is 0 Å². The first kappa shape index (κ1) is 19.6. The number of hydrogen-bond donors (Lipinski definition) is 1. The Labute approximate surface area is 160 Å². The lowest BCUT2D eigenvalue weighted by atomic mass is 9.92. The van der Waals surface area contributed by atoms with Crippen LogP contribution in [0.1, 0.15) is 38.4 Å². The van der Waals surface area contributed by atoms with Gasteiger partial charge in [0.1, 0.15) is 5.82 Å². The fourth-order valence-electron chi connectivity index (χ4n) is 3.00. The highest BCUT2D eigenvalue weighted by Crippen LogP contribution is 2.26. The van der Waals surface area contributed by atoms with Crippen molar-refractivity contribution in [2.75, 3.05) is 24.2 Å². The van der Waals surface area contributed by atoms with Crippen molar-refractivity contribution in [3.63, 3.8) is 0 Å². The summed E-state index contributed by atoms with van der Waals surface area (Å²) in [7, 11) is -3.31. The number of sulfonamides is 1. The van der Waals surface area contributed by atoms with Gasteiger partial charge in [0.15, 0.2) is 0 Å². The van der Waals surface area contributed by atoms with Gasteiger partial charge in [-0.3, -0.25) is 4.79 Å². The topological polar surface area (TPSA) is 84.3 Å². The molecule has 8 heteroatoms. The highest BCUT2D eigenvalue weighted by Gasteiger charge is 2.30. The van der Waals surface area contributed by atoms with Gasteiger partial charge < -0.3 is 5.32 Å². The van der Waals surface area contributed by atoms with Crippen LogP contribution in [0.4, 0.5) is 5.82 Å². The van der Waals surface area contributed by atoms with Crippen molar-refractivity contribution in [3.8, 4) is 5.69 Å².